The molecule has 0 N–H and O–H groups in total. The Hall–Kier alpha value is -7.04. The van der Waals surface area contributed by atoms with E-state index in [9.17, 15) is 9.59 Å². The summed E-state index contributed by atoms with van der Waals surface area (Å²) in [5, 5.41) is 1.91. The predicted octanol–water partition coefficient (Wildman–Crippen LogP) is 11.4. The second-order valence-corrected chi connectivity index (χ2v) is 14.9. The lowest BCUT2D eigenvalue weighted by Gasteiger charge is -2.31. The van der Waals surface area contributed by atoms with Gasteiger partial charge >= 0.3 is 0 Å². The molecule has 3 unspecified atom stereocenters. The second-order valence-electron chi connectivity index (χ2n) is 14.9. The number of fused-ring (bicyclic) bond motifs is 16. The zero-order valence-corrected chi connectivity index (χ0v) is 29.5. The van der Waals surface area contributed by atoms with Crippen molar-refractivity contribution in [2.45, 2.75) is 17.4 Å². The molecule has 12 rings (SSSR count). The third-order valence-corrected chi connectivity index (χ3v) is 12.3. The topological polar surface area (TPSA) is 56.5 Å². The molecule has 1 aliphatic heterocycles. The maximum atomic E-state index is 14.7. The predicted molar refractivity (Wildman–Crippen MR) is 215 cm³/mol. The van der Waals surface area contributed by atoms with Crippen molar-refractivity contribution in [2.24, 2.45) is 0 Å². The number of ketones is 2. The molecule has 2 heterocycles. The molecular formula is C51H30O4. The Labute approximate surface area is 316 Å². The van der Waals surface area contributed by atoms with Gasteiger partial charge in [0, 0.05) is 33.4 Å². The maximum Gasteiger partial charge on any atom is 0.196 e. The number of hydrogen-bond donors (Lipinski definition) is 0. The van der Waals surface area contributed by atoms with Crippen molar-refractivity contribution in [3.8, 4) is 28.0 Å². The van der Waals surface area contributed by atoms with Gasteiger partial charge in [-0.1, -0.05) is 133 Å². The molecule has 3 aliphatic carbocycles. The molecule has 0 saturated carbocycles. The average molecular weight is 707 g/mol. The largest absolute Gasteiger partial charge is 0.484 e. The highest BCUT2D eigenvalue weighted by Crippen LogP contribution is 2.63. The average Bonchev–Trinajstić information content (AvgIpc) is 3.98. The van der Waals surface area contributed by atoms with Crippen LogP contribution in [0.5, 0.6) is 5.75 Å². The number of para-hydroxylation sites is 3. The molecule has 1 spiro atoms. The van der Waals surface area contributed by atoms with Crippen LogP contribution in [0.15, 0.2) is 174 Å². The molecule has 4 nitrogen and oxygen atoms in total. The molecule has 0 bridgehead atoms. The van der Waals surface area contributed by atoms with Gasteiger partial charge in [0.15, 0.2) is 11.6 Å². The number of allylic oxidation sites excluding steroid dienone is 2. The van der Waals surface area contributed by atoms with Gasteiger partial charge in [-0.25, -0.2) is 0 Å². The first-order valence-corrected chi connectivity index (χ1v) is 18.7. The van der Waals surface area contributed by atoms with Crippen LogP contribution in [0.4, 0.5) is 0 Å². The van der Waals surface area contributed by atoms with Crippen LogP contribution in [-0.4, -0.2) is 17.7 Å². The highest BCUT2D eigenvalue weighted by Gasteiger charge is 2.52. The number of hydrogen-bond acceptors (Lipinski definition) is 4. The van der Waals surface area contributed by atoms with E-state index in [0.29, 0.717) is 33.6 Å². The van der Waals surface area contributed by atoms with E-state index in [-0.39, 0.29) is 23.6 Å². The molecule has 7 aromatic carbocycles. The van der Waals surface area contributed by atoms with E-state index in [2.05, 4.69) is 91.0 Å². The Bertz CT molecular complexity index is 3070. The summed E-state index contributed by atoms with van der Waals surface area (Å²) >= 11 is 0. The lowest BCUT2D eigenvalue weighted by atomic mass is 9.70. The Balaban J connectivity index is 1.05. The molecule has 0 fully saturated rings. The number of carbonyl (C=O) groups excluding carboxylic acids is 2. The first kappa shape index (κ1) is 30.4. The zero-order valence-electron chi connectivity index (χ0n) is 29.5. The lowest BCUT2D eigenvalue weighted by Crippen LogP contribution is -2.26. The number of furan rings is 1. The van der Waals surface area contributed by atoms with Gasteiger partial charge in [-0.3, -0.25) is 9.59 Å². The molecule has 3 atom stereocenters. The number of rotatable bonds is 4. The van der Waals surface area contributed by atoms with Crippen molar-refractivity contribution >= 4 is 33.5 Å². The summed E-state index contributed by atoms with van der Waals surface area (Å²) < 4.78 is 12.7. The van der Waals surface area contributed by atoms with Gasteiger partial charge in [-0.2, -0.15) is 0 Å². The molecule has 55 heavy (non-hydrogen) atoms. The first-order valence-electron chi connectivity index (χ1n) is 18.7. The van der Waals surface area contributed by atoms with Gasteiger partial charge < -0.3 is 9.15 Å². The minimum absolute atomic E-state index is 0.0771. The summed E-state index contributed by atoms with van der Waals surface area (Å²) in [6.07, 6.45) is 8.13. The van der Waals surface area contributed by atoms with Gasteiger partial charge in [0.05, 0.1) is 16.5 Å². The Morgan fingerprint density at radius 1 is 0.509 bits per heavy atom. The highest BCUT2D eigenvalue weighted by atomic mass is 16.5. The van der Waals surface area contributed by atoms with Crippen LogP contribution in [0.3, 0.4) is 0 Å². The number of ether oxygens (including phenoxy) is 1. The van der Waals surface area contributed by atoms with E-state index < -0.39 is 5.41 Å². The third-order valence-electron chi connectivity index (χ3n) is 12.3. The second kappa shape index (κ2) is 11.0. The standard InChI is InChI=1S/C51H30O4/c52-47(39-17-9-15-37-35-13-3-7-21-45(35)54-49(37)39)29-23-25-33-31-11-1-5-19-41(31)51(43(33)27-29)42-20-6-2-12-32(42)34-26-24-30(28-44(34)51)48(53)40-18-10-16-38-36-14-4-8-22-46(36)55-50(38)40/h1-28,35,45H. The highest BCUT2D eigenvalue weighted by molar-refractivity contribution is 6.19. The molecule has 4 heteroatoms. The fourth-order valence-electron chi connectivity index (χ4n) is 9.90. The van der Waals surface area contributed by atoms with Crippen LogP contribution in [0.25, 0.3) is 44.2 Å². The van der Waals surface area contributed by atoms with Crippen molar-refractivity contribution in [3.05, 3.63) is 220 Å². The summed E-state index contributed by atoms with van der Waals surface area (Å²) in [5.74, 6) is 0.577. The minimum Gasteiger partial charge on any atom is -0.484 e. The monoisotopic (exact) mass is 706 g/mol. The molecule has 0 radical (unpaired) electrons. The Morgan fingerprint density at radius 2 is 1.09 bits per heavy atom. The number of carbonyl (C=O) groups is 2. The molecular weight excluding hydrogens is 677 g/mol. The smallest absolute Gasteiger partial charge is 0.196 e. The Kier molecular flexibility index (Phi) is 6.09. The molecule has 258 valence electrons. The fraction of sp³-hybridized carbons (Fsp3) is 0.0588. The van der Waals surface area contributed by atoms with Crippen molar-refractivity contribution < 1.29 is 18.7 Å². The minimum atomic E-state index is -0.754. The SMILES string of the molecule is O=C(c1ccc2c(c1)C1(c3ccccc3-2)c2ccccc2-c2ccc(C(=O)c3cccc4c3oc3ccccc34)cc21)c1cccc2c1OC1C=CC=CC21. The maximum absolute atomic E-state index is 14.7. The van der Waals surface area contributed by atoms with Crippen molar-refractivity contribution in [1.29, 1.82) is 0 Å². The summed E-state index contributed by atoms with van der Waals surface area (Å²) in [6, 6.07) is 48.9. The quantitative estimate of drug-likeness (QED) is 0.171. The van der Waals surface area contributed by atoms with Crippen LogP contribution in [0.2, 0.25) is 0 Å². The van der Waals surface area contributed by atoms with Gasteiger partial charge in [-0.15, -0.1) is 0 Å². The van der Waals surface area contributed by atoms with Crippen LogP contribution in [0, 0.1) is 0 Å². The first-order chi connectivity index (χ1) is 27.1. The summed E-state index contributed by atoms with van der Waals surface area (Å²) in [4.78, 5) is 29.3. The van der Waals surface area contributed by atoms with Crippen LogP contribution in [-0.2, 0) is 5.41 Å². The molecule has 8 aromatic rings. The van der Waals surface area contributed by atoms with Crippen LogP contribution in [0.1, 0.15) is 65.6 Å². The van der Waals surface area contributed by atoms with Crippen molar-refractivity contribution in [2.75, 3.05) is 0 Å². The van der Waals surface area contributed by atoms with Gasteiger partial charge in [0.2, 0.25) is 0 Å². The van der Waals surface area contributed by atoms with E-state index in [1.807, 2.05) is 78.9 Å². The fourth-order valence-corrected chi connectivity index (χ4v) is 9.90. The van der Waals surface area contributed by atoms with Crippen LogP contribution >= 0.6 is 0 Å². The van der Waals surface area contributed by atoms with Crippen molar-refractivity contribution in [3.63, 3.8) is 0 Å². The van der Waals surface area contributed by atoms with E-state index in [1.54, 1.807) is 0 Å². The molecule has 0 amide bonds. The van der Waals surface area contributed by atoms with E-state index in [4.69, 9.17) is 9.15 Å². The number of benzene rings is 7. The van der Waals surface area contributed by atoms with Gasteiger partial charge in [-0.05, 0) is 80.9 Å². The molecule has 4 aliphatic rings. The van der Waals surface area contributed by atoms with Crippen LogP contribution < -0.4 is 4.74 Å². The van der Waals surface area contributed by atoms with Gasteiger partial charge in [0.1, 0.15) is 23.0 Å². The van der Waals surface area contributed by atoms with E-state index in [1.165, 1.54) is 0 Å². The zero-order chi connectivity index (χ0) is 36.4. The van der Waals surface area contributed by atoms with Gasteiger partial charge in [0.25, 0.3) is 0 Å². The summed E-state index contributed by atoms with van der Waals surface area (Å²) in [6.45, 7) is 0. The van der Waals surface area contributed by atoms with E-state index in [0.717, 1.165) is 66.4 Å². The summed E-state index contributed by atoms with van der Waals surface area (Å²) in [5.41, 5.74) is 12.6. The van der Waals surface area contributed by atoms with E-state index >= 15 is 0 Å². The summed E-state index contributed by atoms with van der Waals surface area (Å²) in [7, 11) is 0. The molecule has 1 aromatic heterocycles. The third kappa shape index (κ3) is 3.95. The Morgan fingerprint density at radius 3 is 1.84 bits per heavy atom. The van der Waals surface area contributed by atoms with Crippen molar-refractivity contribution in [1.82, 2.24) is 0 Å². The lowest BCUT2D eigenvalue weighted by molar-refractivity contribution is 0.102. The normalized spacial score (nSPS) is 19.1. The molecule has 0 saturated heterocycles.